The molecule has 98 valence electrons. The van der Waals surface area contributed by atoms with E-state index in [4.69, 9.17) is 15.9 Å². The first-order chi connectivity index (χ1) is 9.06. The Balaban J connectivity index is 2.01. The molecule has 0 aliphatic heterocycles. The molecule has 5 heteroatoms. The molecule has 0 aliphatic rings. The van der Waals surface area contributed by atoms with Crippen LogP contribution in [0, 0.1) is 17.0 Å². The molecule has 3 N–H and O–H groups in total. The summed E-state index contributed by atoms with van der Waals surface area (Å²) in [6, 6.07) is 10.3. The van der Waals surface area contributed by atoms with Gasteiger partial charge in [-0.2, -0.15) is 0 Å². The first-order valence-electron chi connectivity index (χ1n) is 5.57. The van der Waals surface area contributed by atoms with Gasteiger partial charge >= 0.3 is 0 Å². The first kappa shape index (κ1) is 13.0. The summed E-state index contributed by atoms with van der Waals surface area (Å²) >= 11 is 0. The molecule has 0 aromatic heterocycles. The van der Waals surface area contributed by atoms with Crippen molar-refractivity contribution in [1.82, 2.24) is 0 Å². The van der Waals surface area contributed by atoms with Gasteiger partial charge in [0.1, 0.15) is 18.2 Å². The molecule has 2 rings (SSSR count). The van der Waals surface area contributed by atoms with Crippen molar-refractivity contribution in [2.75, 3.05) is 0 Å². The molecule has 0 unspecified atom stereocenters. The lowest BCUT2D eigenvalue weighted by atomic mass is 10.1. The summed E-state index contributed by atoms with van der Waals surface area (Å²) < 4.78 is 31.0. The van der Waals surface area contributed by atoms with Crippen LogP contribution < -0.4 is 10.5 Å². The van der Waals surface area contributed by atoms with Gasteiger partial charge in [-0.25, -0.2) is 8.78 Å². The Hall–Kier alpha value is -2.43. The van der Waals surface area contributed by atoms with Gasteiger partial charge in [-0.3, -0.25) is 5.41 Å². The summed E-state index contributed by atoms with van der Waals surface area (Å²) in [6.07, 6.45) is 0. The van der Waals surface area contributed by atoms with E-state index in [1.54, 1.807) is 24.3 Å². The highest BCUT2D eigenvalue weighted by molar-refractivity contribution is 5.94. The highest BCUT2D eigenvalue weighted by Crippen LogP contribution is 2.17. The van der Waals surface area contributed by atoms with E-state index < -0.39 is 11.6 Å². The molecule has 0 atom stereocenters. The Bertz CT molecular complexity index is 597. The zero-order valence-electron chi connectivity index (χ0n) is 9.99. The van der Waals surface area contributed by atoms with Crippen molar-refractivity contribution in [2.24, 2.45) is 5.73 Å². The monoisotopic (exact) mass is 262 g/mol. The molecule has 0 saturated carbocycles. The lowest BCUT2D eigenvalue weighted by molar-refractivity contribution is 0.303. The third-order valence-corrected chi connectivity index (χ3v) is 2.56. The quantitative estimate of drug-likeness (QED) is 0.657. The average molecular weight is 262 g/mol. The number of nitrogens with one attached hydrogen (secondary N) is 1. The molecule has 0 bridgehead atoms. The molecule has 3 nitrogen and oxygen atoms in total. The Morgan fingerprint density at radius 3 is 2.32 bits per heavy atom. The lowest BCUT2D eigenvalue weighted by Gasteiger charge is -2.07. The van der Waals surface area contributed by atoms with Gasteiger partial charge in [0.05, 0.1) is 0 Å². The minimum Gasteiger partial charge on any atom is -0.489 e. The molecule has 19 heavy (non-hydrogen) atoms. The van der Waals surface area contributed by atoms with E-state index in [0.29, 0.717) is 5.56 Å². The van der Waals surface area contributed by atoms with Crippen molar-refractivity contribution in [1.29, 1.82) is 5.41 Å². The van der Waals surface area contributed by atoms with Gasteiger partial charge in [-0.05, 0) is 17.7 Å². The fourth-order valence-electron chi connectivity index (χ4n) is 1.51. The number of nitrogens with two attached hydrogens (primary N) is 1. The topological polar surface area (TPSA) is 59.1 Å². The van der Waals surface area contributed by atoms with Crippen molar-refractivity contribution in [3.63, 3.8) is 0 Å². The second-order valence-corrected chi connectivity index (χ2v) is 3.98. The van der Waals surface area contributed by atoms with Gasteiger partial charge in [0.2, 0.25) is 0 Å². The van der Waals surface area contributed by atoms with Crippen LogP contribution in [0.15, 0.2) is 42.5 Å². The van der Waals surface area contributed by atoms with Gasteiger partial charge < -0.3 is 10.5 Å². The van der Waals surface area contributed by atoms with Crippen LogP contribution >= 0.6 is 0 Å². The minimum absolute atomic E-state index is 0.00641. The molecule has 0 aliphatic carbocycles. The molecular formula is C14H12F2N2O. The van der Waals surface area contributed by atoms with E-state index in [2.05, 4.69) is 0 Å². The number of benzene rings is 2. The van der Waals surface area contributed by atoms with Crippen molar-refractivity contribution in [3.8, 4) is 5.75 Å². The van der Waals surface area contributed by atoms with Crippen LogP contribution in [0.2, 0.25) is 0 Å². The molecule has 0 radical (unpaired) electrons. The SMILES string of the molecule is N=C(N)c1ccc(COc2ccc(F)c(F)c2)cc1. The van der Waals surface area contributed by atoms with Crippen LogP contribution in [0.5, 0.6) is 5.75 Å². The lowest BCUT2D eigenvalue weighted by Crippen LogP contribution is -2.10. The number of nitrogen functional groups attached to an aromatic ring is 1. The molecular weight excluding hydrogens is 250 g/mol. The van der Waals surface area contributed by atoms with Crippen molar-refractivity contribution in [2.45, 2.75) is 6.61 Å². The van der Waals surface area contributed by atoms with Crippen molar-refractivity contribution in [3.05, 3.63) is 65.2 Å². The Kier molecular flexibility index (Phi) is 3.75. The highest BCUT2D eigenvalue weighted by Gasteiger charge is 2.03. The van der Waals surface area contributed by atoms with Gasteiger partial charge in [0.25, 0.3) is 0 Å². The second kappa shape index (κ2) is 5.48. The van der Waals surface area contributed by atoms with Crippen molar-refractivity contribution < 1.29 is 13.5 Å². The number of rotatable bonds is 4. The molecule has 0 heterocycles. The van der Waals surface area contributed by atoms with Crippen LogP contribution in [-0.2, 0) is 6.61 Å². The summed E-state index contributed by atoms with van der Waals surface area (Å²) in [6.45, 7) is 0.225. The van der Waals surface area contributed by atoms with Crippen LogP contribution in [0.4, 0.5) is 8.78 Å². The number of hydrogen-bond donors (Lipinski definition) is 2. The predicted octanol–water partition coefficient (Wildman–Crippen LogP) is 2.83. The van der Waals surface area contributed by atoms with E-state index >= 15 is 0 Å². The largest absolute Gasteiger partial charge is 0.489 e. The number of amidine groups is 1. The molecule has 0 amide bonds. The standard InChI is InChI=1S/C14H12F2N2O/c15-12-6-5-11(7-13(12)16)19-8-9-1-3-10(4-2-9)14(17)18/h1-7H,8H2,(H3,17,18). The molecule has 2 aromatic rings. The van der Waals surface area contributed by atoms with Crippen molar-refractivity contribution >= 4 is 5.84 Å². The fraction of sp³-hybridized carbons (Fsp3) is 0.0714. The summed E-state index contributed by atoms with van der Waals surface area (Å²) in [7, 11) is 0. The van der Waals surface area contributed by atoms with E-state index in [9.17, 15) is 8.78 Å². The van der Waals surface area contributed by atoms with Gasteiger partial charge in [-0.1, -0.05) is 24.3 Å². The molecule has 2 aromatic carbocycles. The van der Waals surface area contributed by atoms with Crippen LogP contribution in [0.25, 0.3) is 0 Å². The number of hydrogen-bond acceptors (Lipinski definition) is 2. The fourth-order valence-corrected chi connectivity index (χ4v) is 1.51. The molecule has 0 spiro atoms. The normalized spacial score (nSPS) is 10.2. The number of halogens is 2. The van der Waals surface area contributed by atoms with E-state index in [1.165, 1.54) is 6.07 Å². The molecule has 0 saturated heterocycles. The summed E-state index contributed by atoms with van der Waals surface area (Å²) in [4.78, 5) is 0. The highest BCUT2D eigenvalue weighted by atomic mass is 19.2. The Labute approximate surface area is 109 Å². The smallest absolute Gasteiger partial charge is 0.162 e. The molecule has 0 fully saturated rings. The maximum Gasteiger partial charge on any atom is 0.162 e. The van der Waals surface area contributed by atoms with Crippen LogP contribution in [-0.4, -0.2) is 5.84 Å². The van der Waals surface area contributed by atoms with Gasteiger partial charge in [0, 0.05) is 11.6 Å². The average Bonchev–Trinajstić information content (AvgIpc) is 2.40. The van der Waals surface area contributed by atoms with E-state index in [1.807, 2.05) is 0 Å². The third-order valence-electron chi connectivity index (χ3n) is 2.56. The number of ether oxygens (including phenoxy) is 1. The maximum absolute atomic E-state index is 13.0. The Morgan fingerprint density at radius 2 is 1.74 bits per heavy atom. The third kappa shape index (κ3) is 3.28. The maximum atomic E-state index is 13.0. The van der Waals surface area contributed by atoms with Gasteiger partial charge in [0.15, 0.2) is 11.6 Å². The zero-order chi connectivity index (χ0) is 13.8. The van der Waals surface area contributed by atoms with E-state index in [-0.39, 0.29) is 18.2 Å². The van der Waals surface area contributed by atoms with Crippen LogP contribution in [0.3, 0.4) is 0 Å². The van der Waals surface area contributed by atoms with Crippen LogP contribution in [0.1, 0.15) is 11.1 Å². The summed E-state index contributed by atoms with van der Waals surface area (Å²) in [5.74, 6) is -1.59. The minimum atomic E-state index is -0.940. The summed E-state index contributed by atoms with van der Waals surface area (Å²) in [5.41, 5.74) is 6.80. The Morgan fingerprint density at radius 1 is 1.05 bits per heavy atom. The second-order valence-electron chi connectivity index (χ2n) is 3.98. The predicted molar refractivity (Wildman–Crippen MR) is 68.1 cm³/mol. The van der Waals surface area contributed by atoms with Gasteiger partial charge in [-0.15, -0.1) is 0 Å². The van der Waals surface area contributed by atoms with E-state index in [0.717, 1.165) is 17.7 Å². The first-order valence-corrected chi connectivity index (χ1v) is 5.57. The zero-order valence-corrected chi connectivity index (χ0v) is 9.99. The summed E-state index contributed by atoms with van der Waals surface area (Å²) in [5, 5.41) is 7.26.